The van der Waals surface area contributed by atoms with Gasteiger partial charge in [0.05, 0.1) is 18.8 Å². The van der Waals surface area contributed by atoms with E-state index in [1.807, 2.05) is 6.07 Å². The first-order valence-corrected chi connectivity index (χ1v) is 9.32. The number of fused-ring (bicyclic) bond motifs is 1. The van der Waals surface area contributed by atoms with E-state index < -0.39 is 18.0 Å². The summed E-state index contributed by atoms with van der Waals surface area (Å²) in [5.41, 5.74) is 0.609. The van der Waals surface area contributed by atoms with Crippen molar-refractivity contribution < 1.29 is 32.2 Å². The molecule has 2 aliphatic rings. The average Bonchev–Trinajstić information content (AvgIpc) is 3.38. The van der Waals surface area contributed by atoms with Gasteiger partial charge in [-0.15, -0.1) is 0 Å². The van der Waals surface area contributed by atoms with Gasteiger partial charge in [-0.25, -0.2) is 4.98 Å². The van der Waals surface area contributed by atoms with Gasteiger partial charge in [-0.1, -0.05) is 6.07 Å². The molecule has 1 aromatic carbocycles. The minimum atomic E-state index is -4.54. The van der Waals surface area contributed by atoms with Gasteiger partial charge in [0.1, 0.15) is 17.5 Å². The molecule has 11 heteroatoms. The fraction of sp³-hybridized carbons (Fsp3) is 0.250. The van der Waals surface area contributed by atoms with Gasteiger partial charge >= 0.3 is 6.18 Å². The molecule has 1 N–H and O–H groups in total. The van der Waals surface area contributed by atoms with Gasteiger partial charge in [0.15, 0.2) is 11.5 Å². The maximum Gasteiger partial charge on any atom is 0.433 e. The van der Waals surface area contributed by atoms with Crippen molar-refractivity contribution in [1.82, 2.24) is 20.1 Å². The quantitative estimate of drug-likeness (QED) is 0.682. The van der Waals surface area contributed by atoms with Crippen LogP contribution in [-0.2, 0) is 6.18 Å². The van der Waals surface area contributed by atoms with Gasteiger partial charge in [0, 0.05) is 11.6 Å². The largest absolute Gasteiger partial charge is 0.471 e. The van der Waals surface area contributed by atoms with Crippen LogP contribution in [0.2, 0.25) is 0 Å². The van der Waals surface area contributed by atoms with E-state index in [1.54, 1.807) is 18.2 Å². The van der Waals surface area contributed by atoms with Gasteiger partial charge < -0.3 is 19.1 Å². The van der Waals surface area contributed by atoms with Crippen LogP contribution in [0.5, 0.6) is 17.4 Å². The molecule has 2 aliphatic heterocycles. The number of pyridine rings is 1. The van der Waals surface area contributed by atoms with Crippen LogP contribution in [0.25, 0.3) is 11.3 Å². The summed E-state index contributed by atoms with van der Waals surface area (Å²) in [4.78, 5) is 17.6. The Balaban J connectivity index is 1.20. The van der Waals surface area contributed by atoms with Crippen LogP contribution in [-0.4, -0.2) is 52.0 Å². The number of carbonyl (C=O) groups excluding carboxylic acids is 1. The smallest absolute Gasteiger partial charge is 0.433 e. The molecule has 2 aromatic heterocycles. The zero-order valence-electron chi connectivity index (χ0n) is 15.8. The second kappa shape index (κ2) is 7.18. The van der Waals surface area contributed by atoms with E-state index in [0.717, 1.165) is 11.6 Å². The predicted octanol–water partition coefficient (Wildman–Crippen LogP) is 3.12. The second-order valence-corrected chi connectivity index (χ2v) is 7.04. The maximum absolute atomic E-state index is 12.8. The first-order valence-electron chi connectivity index (χ1n) is 9.32. The van der Waals surface area contributed by atoms with Crippen LogP contribution in [0, 0.1) is 0 Å². The van der Waals surface area contributed by atoms with Crippen molar-refractivity contribution in [2.24, 2.45) is 0 Å². The molecule has 5 rings (SSSR count). The summed E-state index contributed by atoms with van der Waals surface area (Å²) in [6.45, 7) is 0.627. The van der Waals surface area contributed by atoms with Crippen LogP contribution in [0.15, 0.2) is 42.5 Å². The van der Waals surface area contributed by atoms with Crippen molar-refractivity contribution in [1.29, 1.82) is 0 Å². The van der Waals surface area contributed by atoms with Crippen molar-refractivity contribution in [2.45, 2.75) is 12.3 Å². The topological polar surface area (TPSA) is 89.6 Å². The van der Waals surface area contributed by atoms with Crippen LogP contribution >= 0.6 is 0 Å². The average molecular weight is 432 g/mol. The Kier molecular flexibility index (Phi) is 4.45. The molecule has 0 bridgehead atoms. The van der Waals surface area contributed by atoms with Gasteiger partial charge in [-0.05, 0) is 30.3 Å². The van der Waals surface area contributed by atoms with Crippen LogP contribution in [0.1, 0.15) is 16.2 Å². The Bertz CT molecular complexity index is 1140. The molecule has 0 spiro atoms. The van der Waals surface area contributed by atoms with Gasteiger partial charge in [-0.3, -0.25) is 9.89 Å². The molecular formula is C20H15F3N4O4. The Morgan fingerprint density at radius 1 is 1.13 bits per heavy atom. The van der Waals surface area contributed by atoms with Crippen LogP contribution < -0.4 is 14.2 Å². The molecule has 0 radical (unpaired) electrons. The second-order valence-electron chi connectivity index (χ2n) is 7.04. The van der Waals surface area contributed by atoms with E-state index in [-0.39, 0.29) is 31.7 Å². The summed E-state index contributed by atoms with van der Waals surface area (Å²) in [5.74, 6) is 0.853. The highest BCUT2D eigenvalue weighted by Gasteiger charge is 2.36. The van der Waals surface area contributed by atoms with Crippen LogP contribution in [0.3, 0.4) is 0 Å². The number of nitrogens with one attached hydrogen (secondary N) is 1. The third-order valence-corrected chi connectivity index (χ3v) is 4.91. The number of hydrogen-bond acceptors (Lipinski definition) is 6. The molecule has 8 nitrogen and oxygen atoms in total. The molecule has 4 heterocycles. The molecular weight excluding hydrogens is 417 g/mol. The molecule has 160 valence electrons. The number of aromatic amines is 1. The predicted molar refractivity (Wildman–Crippen MR) is 99.7 cm³/mol. The number of H-pyrrole nitrogens is 1. The highest BCUT2D eigenvalue weighted by Crippen LogP contribution is 2.35. The fourth-order valence-corrected chi connectivity index (χ4v) is 3.29. The van der Waals surface area contributed by atoms with E-state index in [0.29, 0.717) is 22.9 Å². The molecule has 0 saturated carbocycles. The lowest BCUT2D eigenvalue weighted by Gasteiger charge is -2.38. The number of halogens is 3. The van der Waals surface area contributed by atoms with Crippen molar-refractivity contribution in [3.05, 3.63) is 53.9 Å². The van der Waals surface area contributed by atoms with Crippen molar-refractivity contribution in [3.63, 3.8) is 0 Å². The number of alkyl halides is 3. The van der Waals surface area contributed by atoms with E-state index in [4.69, 9.17) is 14.2 Å². The number of amides is 1. The Morgan fingerprint density at radius 2 is 1.94 bits per heavy atom. The fourth-order valence-electron chi connectivity index (χ4n) is 3.29. The van der Waals surface area contributed by atoms with Crippen molar-refractivity contribution in [2.75, 3.05) is 19.9 Å². The number of aromatic nitrogens is 3. The summed E-state index contributed by atoms with van der Waals surface area (Å²) in [7, 11) is 0. The SMILES string of the molecule is O=C(c1cc(-c2ccc3c(c2)OCO3)n[nH]1)N1CC(Oc2cccc(C(F)(F)F)n2)C1. The first-order chi connectivity index (χ1) is 14.9. The minimum absolute atomic E-state index is 0.126. The lowest BCUT2D eigenvalue weighted by Crippen LogP contribution is -2.56. The van der Waals surface area contributed by atoms with Crippen molar-refractivity contribution in [3.8, 4) is 28.6 Å². The number of hydrogen-bond donors (Lipinski definition) is 1. The van der Waals surface area contributed by atoms with Gasteiger partial charge in [0.25, 0.3) is 5.91 Å². The van der Waals surface area contributed by atoms with E-state index in [1.165, 1.54) is 17.0 Å². The summed E-state index contributed by atoms with van der Waals surface area (Å²) in [6.07, 6.45) is -4.98. The van der Waals surface area contributed by atoms with Gasteiger partial charge in [0.2, 0.25) is 12.7 Å². The highest BCUT2D eigenvalue weighted by atomic mass is 19.4. The van der Waals surface area contributed by atoms with E-state index in [2.05, 4.69) is 15.2 Å². The number of benzene rings is 1. The lowest BCUT2D eigenvalue weighted by molar-refractivity contribution is -0.141. The highest BCUT2D eigenvalue weighted by molar-refractivity contribution is 5.94. The molecule has 1 amide bonds. The zero-order valence-corrected chi connectivity index (χ0v) is 15.8. The molecule has 1 saturated heterocycles. The summed E-state index contributed by atoms with van der Waals surface area (Å²) in [5, 5.41) is 6.89. The zero-order chi connectivity index (χ0) is 21.6. The number of carbonyl (C=O) groups is 1. The minimum Gasteiger partial charge on any atom is -0.471 e. The maximum atomic E-state index is 12.8. The molecule has 0 atom stereocenters. The third kappa shape index (κ3) is 3.74. The van der Waals surface area contributed by atoms with Gasteiger partial charge in [-0.2, -0.15) is 18.3 Å². The summed E-state index contributed by atoms with van der Waals surface area (Å²) >= 11 is 0. The number of nitrogens with zero attached hydrogens (tertiary/aromatic N) is 3. The number of ether oxygens (including phenoxy) is 3. The molecule has 0 unspecified atom stereocenters. The van der Waals surface area contributed by atoms with Crippen molar-refractivity contribution >= 4 is 5.91 Å². The van der Waals surface area contributed by atoms with Crippen LogP contribution in [0.4, 0.5) is 13.2 Å². The Hall–Kier alpha value is -3.76. The molecule has 31 heavy (non-hydrogen) atoms. The lowest BCUT2D eigenvalue weighted by atomic mass is 10.1. The van der Waals surface area contributed by atoms with E-state index in [9.17, 15) is 18.0 Å². The third-order valence-electron chi connectivity index (χ3n) is 4.91. The molecule has 3 aromatic rings. The molecule has 0 aliphatic carbocycles. The number of rotatable bonds is 4. The first kappa shape index (κ1) is 19.2. The summed E-state index contributed by atoms with van der Waals surface area (Å²) < 4.78 is 54.4. The van der Waals surface area contributed by atoms with E-state index >= 15 is 0 Å². The Morgan fingerprint density at radius 3 is 2.74 bits per heavy atom. The standard InChI is InChI=1S/C20H15F3N4O4/c21-20(22,23)17-2-1-3-18(24-17)31-12-8-27(9-12)19(28)14-7-13(25-26-14)11-4-5-15-16(6-11)30-10-29-15/h1-7,12H,8-10H2,(H,25,26). The monoisotopic (exact) mass is 432 g/mol. The Labute approximate surface area is 173 Å². The molecule has 1 fully saturated rings. The summed E-state index contributed by atoms with van der Waals surface area (Å²) in [6, 6.07) is 10.5. The number of likely N-dealkylation sites (tertiary alicyclic amines) is 1. The normalized spacial score (nSPS) is 15.6.